The van der Waals surface area contributed by atoms with Gasteiger partial charge in [-0.15, -0.1) is 0 Å². The van der Waals surface area contributed by atoms with E-state index in [0.717, 1.165) is 37.5 Å². The summed E-state index contributed by atoms with van der Waals surface area (Å²) in [6.45, 7) is -0.668. The fraction of sp³-hybridized carbons (Fsp3) is 0.600. The van der Waals surface area contributed by atoms with Gasteiger partial charge in [-0.2, -0.15) is 8.78 Å². The van der Waals surface area contributed by atoms with Crippen LogP contribution in [-0.2, 0) is 0 Å². The van der Waals surface area contributed by atoms with Crippen molar-refractivity contribution in [2.75, 3.05) is 0 Å². The van der Waals surface area contributed by atoms with Gasteiger partial charge in [-0.3, -0.25) is 0 Å². The smallest absolute Gasteiger partial charge is 0.387 e. The molecule has 36 heavy (non-hydrogen) atoms. The number of rotatable bonds is 10. The number of hydrogen-bond acceptors (Lipinski definition) is 2. The highest BCUT2D eigenvalue weighted by atomic mass is 19.3. The third-order valence-corrected chi connectivity index (χ3v) is 8.32. The number of benzene rings is 2. The van der Waals surface area contributed by atoms with Crippen molar-refractivity contribution in [3.05, 3.63) is 53.6 Å². The molecule has 0 amide bonds. The first-order valence-electron chi connectivity index (χ1n) is 13.6. The molecule has 0 spiro atoms. The summed E-state index contributed by atoms with van der Waals surface area (Å²) in [6.07, 6.45) is 14.3. The van der Waals surface area contributed by atoms with Crippen molar-refractivity contribution < 1.29 is 27.0 Å². The summed E-state index contributed by atoms with van der Waals surface area (Å²) in [6, 6.07) is 8.03. The van der Waals surface area contributed by atoms with E-state index in [-0.39, 0.29) is 28.7 Å². The molecule has 0 heterocycles. The van der Waals surface area contributed by atoms with Crippen LogP contribution >= 0.6 is 0 Å². The second kappa shape index (κ2) is 12.8. The maximum Gasteiger partial charge on any atom is 0.387 e. The molecule has 6 heteroatoms. The van der Waals surface area contributed by atoms with Crippen molar-refractivity contribution in [2.24, 2.45) is 17.8 Å². The van der Waals surface area contributed by atoms with Crippen LogP contribution in [0.3, 0.4) is 0 Å². The van der Waals surface area contributed by atoms with Crippen LogP contribution in [0.25, 0.3) is 0 Å². The Morgan fingerprint density at radius 2 is 1.39 bits per heavy atom. The molecular formula is C30H38F4O2. The lowest BCUT2D eigenvalue weighted by atomic mass is 9.68. The molecule has 0 aromatic heterocycles. The molecule has 0 bridgehead atoms. The van der Waals surface area contributed by atoms with Gasteiger partial charge in [-0.1, -0.05) is 45.4 Å². The van der Waals surface area contributed by atoms with E-state index in [4.69, 9.17) is 4.74 Å². The molecule has 2 aliphatic carbocycles. The van der Waals surface area contributed by atoms with E-state index in [2.05, 4.69) is 11.7 Å². The van der Waals surface area contributed by atoms with Crippen LogP contribution in [0.4, 0.5) is 17.6 Å². The minimum atomic E-state index is -2.92. The van der Waals surface area contributed by atoms with Crippen LogP contribution in [0.15, 0.2) is 36.4 Å². The average Bonchev–Trinajstić information content (AvgIpc) is 2.88. The minimum absolute atomic E-state index is 0.0145. The molecule has 2 nitrogen and oxygen atoms in total. The van der Waals surface area contributed by atoms with Gasteiger partial charge in [0, 0.05) is 5.56 Å². The van der Waals surface area contributed by atoms with Gasteiger partial charge in [0.15, 0.2) is 11.6 Å². The van der Waals surface area contributed by atoms with E-state index in [1.54, 1.807) is 0 Å². The average molecular weight is 507 g/mol. The molecule has 0 saturated heterocycles. The number of alkyl halides is 2. The van der Waals surface area contributed by atoms with E-state index >= 15 is 4.39 Å². The molecule has 0 unspecified atom stereocenters. The molecule has 2 aliphatic rings. The molecule has 0 aliphatic heterocycles. The first-order chi connectivity index (χ1) is 17.4. The Kier molecular flexibility index (Phi) is 9.55. The van der Waals surface area contributed by atoms with E-state index in [9.17, 15) is 13.2 Å². The monoisotopic (exact) mass is 506 g/mol. The fourth-order valence-electron chi connectivity index (χ4n) is 6.33. The summed E-state index contributed by atoms with van der Waals surface area (Å²) in [5.41, 5.74) is 0.114. The highest BCUT2D eigenvalue weighted by Crippen LogP contribution is 2.46. The molecule has 0 radical (unpaired) electrons. The fourth-order valence-corrected chi connectivity index (χ4v) is 6.33. The summed E-state index contributed by atoms with van der Waals surface area (Å²) >= 11 is 0. The number of unbranched alkanes of at least 4 members (excludes halogenated alkanes) is 2. The summed E-state index contributed by atoms with van der Waals surface area (Å²) < 4.78 is 64.8. The molecule has 0 N–H and O–H groups in total. The Morgan fingerprint density at radius 3 is 2.00 bits per heavy atom. The van der Waals surface area contributed by atoms with Gasteiger partial charge in [-0.25, -0.2) is 8.78 Å². The minimum Gasteiger partial charge on any atom is -0.454 e. The van der Waals surface area contributed by atoms with E-state index < -0.39 is 18.2 Å². The molecule has 2 saturated carbocycles. The van der Waals surface area contributed by atoms with Crippen LogP contribution < -0.4 is 9.47 Å². The zero-order valence-corrected chi connectivity index (χ0v) is 21.2. The standard InChI is InChI=1S/C30H38F4O2/c1-2-3-4-5-20-6-8-21(9-7-20)22-10-12-23(13-11-22)28-26(31)18-19-27(29(28)32)35-24-14-16-25(17-15-24)36-30(33)34/h14-23,30H,2-13H2,1H3. The molecule has 4 rings (SSSR count). The predicted molar refractivity (Wildman–Crippen MR) is 134 cm³/mol. The maximum atomic E-state index is 15.4. The van der Waals surface area contributed by atoms with Crippen LogP contribution in [0.2, 0.25) is 0 Å². The van der Waals surface area contributed by atoms with Gasteiger partial charge < -0.3 is 9.47 Å². The number of halogens is 4. The van der Waals surface area contributed by atoms with Crippen LogP contribution in [0.1, 0.15) is 95.5 Å². The van der Waals surface area contributed by atoms with Crippen molar-refractivity contribution in [1.29, 1.82) is 0 Å². The quantitative estimate of drug-likeness (QED) is 0.236. The Balaban J connectivity index is 1.33. The second-order valence-electron chi connectivity index (χ2n) is 10.6. The lowest BCUT2D eigenvalue weighted by molar-refractivity contribution is -0.0498. The van der Waals surface area contributed by atoms with E-state index in [0.29, 0.717) is 5.92 Å². The first-order valence-corrected chi connectivity index (χ1v) is 13.6. The number of ether oxygens (including phenoxy) is 2. The third-order valence-electron chi connectivity index (χ3n) is 8.32. The van der Waals surface area contributed by atoms with Gasteiger partial charge in [0.25, 0.3) is 0 Å². The Morgan fingerprint density at radius 1 is 0.778 bits per heavy atom. The Bertz CT molecular complexity index is 946. The van der Waals surface area contributed by atoms with Gasteiger partial charge in [0.1, 0.15) is 17.3 Å². The molecule has 198 valence electrons. The topological polar surface area (TPSA) is 18.5 Å². The van der Waals surface area contributed by atoms with Crippen LogP contribution in [-0.4, -0.2) is 6.61 Å². The van der Waals surface area contributed by atoms with Crippen molar-refractivity contribution in [3.63, 3.8) is 0 Å². The van der Waals surface area contributed by atoms with Gasteiger partial charge >= 0.3 is 6.61 Å². The van der Waals surface area contributed by atoms with Crippen molar-refractivity contribution >= 4 is 0 Å². The second-order valence-corrected chi connectivity index (χ2v) is 10.6. The van der Waals surface area contributed by atoms with E-state index in [1.165, 1.54) is 87.8 Å². The Labute approximate surface area is 212 Å². The van der Waals surface area contributed by atoms with Gasteiger partial charge in [0.05, 0.1) is 0 Å². The van der Waals surface area contributed by atoms with Crippen LogP contribution in [0.5, 0.6) is 17.2 Å². The molecule has 2 fully saturated rings. The maximum absolute atomic E-state index is 15.4. The SMILES string of the molecule is CCCCCC1CCC(C2CCC(c3c(F)ccc(Oc4ccc(OC(F)F)cc4)c3F)CC2)CC1. The summed E-state index contributed by atoms with van der Waals surface area (Å²) in [7, 11) is 0. The highest BCUT2D eigenvalue weighted by Gasteiger charge is 2.33. The molecule has 0 atom stereocenters. The van der Waals surface area contributed by atoms with Gasteiger partial charge in [-0.05, 0) is 98.6 Å². The predicted octanol–water partition coefficient (Wildman–Crippen LogP) is 10.0. The third kappa shape index (κ3) is 6.95. The first kappa shape index (κ1) is 26.8. The zero-order valence-electron chi connectivity index (χ0n) is 21.2. The zero-order chi connectivity index (χ0) is 25.5. The number of hydrogen-bond donors (Lipinski definition) is 0. The summed E-state index contributed by atoms with van der Waals surface area (Å²) in [5, 5.41) is 0. The van der Waals surface area contributed by atoms with Gasteiger partial charge in [0.2, 0.25) is 0 Å². The molecular weight excluding hydrogens is 468 g/mol. The normalized spacial score (nSPS) is 24.6. The van der Waals surface area contributed by atoms with Crippen molar-refractivity contribution in [2.45, 2.75) is 96.5 Å². The lowest BCUT2D eigenvalue weighted by Crippen LogP contribution is -2.26. The summed E-state index contributed by atoms with van der Waals surface area (Å²) in [4.78, 5) is 0. The van der Waals surface area contributed by atoms with E-state index in [1.807, 2.05) is 0 Å². The Hall–Kier alpha value is -2.24. The largest absolute Gasteiger partial charge is 0.454 e. The lowest BCUT2D eigenvalue weighted by Gasteiger charge is -2.38. The molecule has 2 aromatic carbocycles. The van der Waals surface area contributed by atoms with Crippen molar-refractivity contribution in [3.8, 4) is 17.2 Å². The van der Waals surface area contributed by atoms with Crippen LogP contribution in [0, 0.1) is 29.4 Å². The molecule has 2 aromatic rings. The summed E-state index contributed by atoms with van der Waals surface area (Å²) in [5.74, 6) is 1.15. The van der Waals surface area contributed by atoms with Crippen molar-refractivity contribution in [1.82, 2.24) is 0 Å². The highest BCUT2D eigenvalue weighted by molar-refractivity contribution is 5.39.